The van der Waals surface area contributed by atoms with Gasteiger partial charge in [0.05, 0.1) is 4.90 Å². The first-order valence-corrected chi connectivity index (χ1v) is 10.0. The summed E-state index contributed by atoms with van der Waals surface area (Å²) in [6, 6.07) is 13.0. The molecule has 0 N–H and O–H groups in total. The van der Waals surface area contributed by atoms with Gasteiger partial charge in [-0.05, 0) is 37.1 Å². The quantitative estimate of drug-likeness (QED) is 0.592. The fourth-order valence-electron chi connectivity index (χ4n) is 3.56. The molecule has 4 nitrogen and oxygen atoms in total. The monoisotopic (exact) mass is 345 g/mol. The zero-order valence-electron chi connectivity index (χ0n) is 13.7. The van der Waals surface area contributed by atoms with Gasteiger partial charge in [-0.25, -0.2) is 8.42 Å². The summed E-state index contributed by atoms with van der Waals surface area (Å²) in [6.45, 7) is 0.567. The van der Waals surface area contributed by atoms with Gasteiger partial charge in [0, 0.05) is 24.4 Å². The van der Waals surface area contributed by atoms with Crippen molar-refractivity contribution in [2.24, 2.45) is 0 Å². The van der Waals surface area contributed by atoms with Crippen molar-refractivity contribution < 1.29 is 13.2 Å². The second-order valence-electron chi connectivity index (χ2n) is 6.34. The van der Waals surface area contributed by atoms with Crippen LogP contribution in [0.3, 0.4) is 0 Å². The molecule has 0 spiro atoms. The number of aldehydes is 1. The maximum absolute atomic E-state index is 13.3. The van der Waals surface area contributed by atoms with Gasteiger partial charge in [-0.3, -0.25) is 0 Å². The first-order valence-electron chi connectivity index (χ1n) is 8.58. The third-order valence-corrected chi connectivity index (χ3v) is 6.78. The van der Waals surface area contributed by atoms with Gasteiger partial charge in [-0.1, -0.05) is 42.8 Å². The van der Waals surface area contributed by atoms with Crippen LogP contribution in [-0.4, -0.2) is 31.6 Å². The third kappa shape index (κ3) is 3.37. The lowest BCUT2D eigenvalue weighted by molar-refractivity contribution is -0.108. The van der Waals surface area contributed by atoms with Gasteiger partial charge in [0.15, 0.2) is 0 Å². The molecule has 1 aliphatic heterocycles. The molecular weight excluding hydrogens is 322 g/mol. The third-order valence-electron chi connectivity index (χ3n) is 4.77. The standard InChI is InChI=1S/C19H23NO3S/c21-15-6-4-11-17-10-3-5-14-20(17)24(22,23)19-13-7-9-16-8-1-2-12-18(16)19/h1-2,7-9,12-13,15,17H,3-6,10-11,14H2. The predicted octanol–water partition coefficient (Wildman–Crippen LogP) is 3.75. The summed E-state index contributed by atoms with van der Waals surface area (Å²) >= 11 is 0. The Labute approximate surface area is 143 Å². The lowest BCUT2D eigenvalue weighted by Gasteiger charge is -2.35. The number of rotatable bonds is 6. The highest BCUT2D eigenvalue weighted by Gasteiger charge is 2.33. The van der Waals surface area contributed by atoms with E-state index >= 15 is 0 Å². The number of benzene rings is 2. The topological polar surface area (TPSA) is 54.5 Å². The number of nitrogens with zero attached hydrogens (tertiary/aromatic N) is 1. The molecule has 1 fully saturated rings. The van der Waals surface area contributed by atoms with Crippen molar-refractivity contribution in [3.05, 3.63) is 42.5 Å². The van der Waals surface area contributed by atoms with Crippen LogP contribution in [0.15, 0.2) is 47.4 Å². The molecule has 2 aromatic rings. The molecule has 0 radical (unpaired) electrons. The van der Waals surface area contributed by atoms with Crippen molar-refractivity contribution in [1.82, 2.24) is 4.31 Å². The minimum absolute atomic E-state index is 0.00247. The Bertz CT molecular complexity index is 811. The van der Waals surface area contributed by atoms with Gasteiger partial charge < -0.3 is 4.79 Å². The van der Waals surface area contributed by atoms with E-state index < -0.39 is 10.0 Å². The SMILES string of the molecule is O=CCCCC1CCCCN1S(=O)(=O)c1cccc2ccccc12. The predicted molar refractivity (Wildman–Crippen MR) is 95.4 cm³/mol. The first-order chi connectivity index (χ1) is 11.6. The maximum atomic E-state index is 13.3. The highest BCUT2D eigenvalue weighted by Crippen LogP contribution is 2.31. The van der Waals surface area contributed by atoms with Crippen LogP contribution in [-0.2, 0) is 14.8 Å². The average molecular weight is 345 g/mol. The number of sulfonamides is 1. The number of fused-ring (bicyclic) bond motifs is 1. The van der Waals surface area contributed by atoms with Crippen LogP contribution in [0, 0.1) is 0 Å². The summed E-state index contributed by atoms with van der Waals surface area (Å²) < 4.78 is 28.3. The number of piperidine rings is 1. The smallest absolute Gasteiger partial charge is 0.243 e. The summed E-state index contributed by atoms with van der Waals surface area (Å²) in [4.78, 5) is 11.0. The molecule has 3 rings (SSSR count). The molecule has 1 saturated heterocycles. The van der Waals surface area contributed by atoms with Gasteiger partial charge in [-0.15, -0.1) is 0 Å². The van der Waals surface area contributed by atoms with Gasteiger partial charge in [-0.2, -0.15) is 4.31 Å². The van der Waals surface area contributed by atoms with E-state index in [4.69, 9.17) is 0 Å². The van der Waals surface area contributed by atoms with Crippen LogP contribution in [0.5, 0.6) is 0 Å². The summed E-state index contributed by atoms with van der Waals surface area (Å²) in [7, 11) is -3.53. The molecule has 24 heavy (non-hydrogen) atoms. The number of unbranched alkanes of at least 4 members (excludes halogenated alkanes) is 1. The second-order valence-corrected chi connectivity index (χ2v) is 8.20. The largest absolute Gasteiger partial charge is 0.303 e. The van der Waals surface area contributed by atoms with E-state index in [1.54, 1.807) is 16.4 Å². The summed E-state index contributed by atoms with van der Waals surface area (Å²) in [5.74, 6) is 0. The summed E-state index contributed by atoms with van der Waals surface area (Å²) in [5.41, 5.74) is 0. The summed E-state index contributed by atoms with van der Waals surface area (Å²) in [5, 5.41) is 1.71. The zero-order valence-corrected chi connectivity index (χ0v) is 14.5. The van der Waals surface area contributed by atoms with Crippen LogP contribution >= 0.6 is 0 Å². The fraction of sp³-hybridized carbons (Fsp3) is 0.421. The van der Waals surface area contributed by atoms with E-state index in [-0.39, 0.29) is 6.04 Å². The van der Waals surface area contributed by atoms with E-state index in [2.05, 4.69) is 0 Å². The molecule has 5 heteroatoms. The Balaban J connectivity index is 1.96. The Morgan fingerprint density at radius 2 is 1.88 bits per heavy atom. The van der Waals surface area contributed by atoms with Crippen LogP contribution in [0.4, 0.5) is 0 Å². The minimum Gasteiger partial charge on any atom is -0.303 e. The second kappa shape index (κ2) is 7.45. The average Bonchev–Trinajstić information content (AvgIpc) is 2.62. The molecular formula is C19H23NO3S. The molecule has 0 aromatic heterocycles. The molecule has 0 amide bonds. The van der Waals surface area contributed by atoms with Gasteiger partial charge >= 0.3 is 0 Å². The van der Waals surface area contributed by atoms with Crippen molar-refractivity contribution >= 4 is 27.1 Å². The molecule has 2 aromatic carbocycles. The Kier molecular flexibility index (Phi) is 5.31. The van der Waals surface area contributed by atoms with Crippen LogP contribution < -0.4 is 0 Å². The van der Waals surface area contributed by atoms with Crippen molar-refractivity contribution in [2.75, 3.05) is 6.54 Å². The molecule has 0 bridgehead atoms. The molecule has 0 saturated carbocycles. The maximum Gasteiger partial charge on any atom is 0.243 e. The van der Waals surface area contributed by atoms with Gasteiger partial charge in [0.1, 0.15) is 6.29 Å². The number of hydrogen-bond donors (Lipinski definition) is 0. The molecule has 1 heterocycles. The highest BCUT2D eigenvalue weighted by atomic mass is 32.2. The molecule has 1 atom stereocenters. The van der Waals surface area contributed by atoms with E-state index in [9.17, 15) is 13.2 Å². The number of carbonyl (C=O) groups excluding carboxylic acids is 1. The zero-order chi connectivity index (χ0) is 17.0. The van der Waals surface area contributed by atoms with Gasteiger partial charge in [0.25, 0.3) is 0 Å². The molecule has 128 valence electrons. The lowest BCUT2D eigenvalue weighted by Crippen LogP contribution is -2.43. The minimum atomic E-state index is -3.53. The number of carbonyl (C=O) groups is 1. The van der Waals surface area contributed by atoms with Crippen molar-refractivity contribution in [3.63, 3.8) is 0 Å². The molecule has 1 unspecified atom stereocenters. The van der Waals surface area contributed by atoms with E-state index in [1.807, 2.05) is 30.3 Å². The Morgan fingerprint density at radius 1 is 1.08 bits per heavy atom. The summed E-state index contributed by atoms with van der Waals surface area (Å²) in [6.07, 6.45) is 5.73. The number of hydrogen-bond acceptors (Lipinski definition) is 3. The highest BCUT2D eigenvalue weighted by molar-refractivity contribution is 7.89. The van der Waals surface area contributed by atoms with Crippen LogP contribution in [0.1, 0.15) is 38.5 Å². The lowest BCUT2D eigenvalue weighted by atomic mass is 10.00. The van der Waals surface area contributed by atoms with E-state index in [0.29, 0.717) is 17.9 Å². The van der Waals surface area contributed by atoms with Gasteiger partial charge in [0.2, 0.25) is 10.0 Å². The van der Waals surface area contributed by atoms with E-state index in [1.165, 1.54) is 0 Å². The normalized spacial score (nSPS) is 19.4. The molecule has 0 aliphatic carbocycles. The van der Waals surface area contributed by atoms with Crippen molar-refractivity contribution in [2.45, 2.75) is 49.5 Å². The van der Waals surface area contributed by atoms with E-state index in [0.717, 1.165) is 49.2 Å². The Hall–Kier alpha value is -1.72. The van der Waals surface area contributed by atoms with Crippen LogP contribution in [0.25, 0.3) is 10.8 Å². The Morgan fingerprint density at radius 3 is 2.71 bits per heavy atom. The van der Waals surface area contributed by atoms with Crippen molar-refractivity contribution in [1.29, 1.82) is 0 Å². The fourth-order valence-corrected chi connectivity index (χ4v) is 5.50. The van der Waals surface area contributed by atoms with Crippen LogP contribution in [0.2, 0.25) is 0 Å². The first kappa shape index (κ1) is 17.1. The molecule has 1 aliphatic rings. The van der Waals surface area contributed by atoms with Crippen molar-refractivity contribution in [3.8, 4) is 0 Å².